The van der Waals surface area contributed by atoms with E-state index in [1.807, 2.05) is 15.5 Å². The van der Waals surface area contributed by atoms with E-state index in [0.29, 0.717) is 38.1 Å². The minimum absolute atomic E-state index is 0.101. The Morgan fingerprint density at radius 3 is 2.42 bits per heavy atom. The maximum Gasteiger partial charge on any atom is 0.233 e. The number of nitrogens with zero attached hydrogens (tertiary/aromatic N) is 4. The van der Waals surface area contributed by atoms with Gasteiger partial charge in [0.25, 0.3) is 0 Å². The Hall–Kier alpha value is -2.42. The molecular formula is C23H24Cl2N4O3S. The van der Waals surface area contributed by atoms with Crippen LogP contribution in [0, 0.1) is 0 Å². The quantitative estimate of drug-likeness (QED) is 0.401. The summed E-state index contributed by atoms with van der Waals surface area (Å²) in [7, 11) is 3.15. The van der Waals surface area contributed by atoms with Crippen LogP contribution in [0.1, 0.15) is 19.3 Å². The zero-order valence-electron chi connectivity index (χ0n) is 18.4. The predicted molar refractivity (Wildman–Crippen MR) is 131 cm³/mol. The molecule has 2 aromatic carbocycles. The number of amides is 1. The molecule has 0 aliphatic carbocycles. The number of aromatic nitrogens is 3. The number of rotatable bonds is 7. The summed E-state index contributed by atoms with van der Waals surface area (Å²) in [6.45, 7) is 1.62. The Kier molecular flexibility index (Phi) is 7.67. The fourth-order valence-corrected chi connectivity index (χ4v) is 5.06. The Balaban J connectivity index is 1.73. The fourth-order valence-electron chi connectivity index (χ4n) is 3.78. The molecule has 2 heterocycles. The first-order chi connectivity index (χ1) is 16.0. The van der Waals surface area contributed by atoms with Crippen LogP contribution in [0.3, 0.4) is 0 Å². The van der Waals surface area contributed by atoms with E-state index >= 15 is 0 Å². The van der Waals surface area contributed by atoms with Gasteiger partial charge in [-0.3, -0.25) is 9.36 Å². The summed E-state index contributed by atoms with van der Waals surface area (Å²) in [4.78, 5) is 14.7. The van der Waals surface area contributed by atoms with Crippen LogP contribution in [0.15, 0.2) is 41.6 Å². The number of carbonyl (C=O) groups excluding carboxylic acids is 1. The molecule has 1 fully saturated rings. The number of thioether (sulfide) groups is 1. The molecule has 1 amide bonds. The number of carbonyl (C=O) groups is 1. The minimum atomic E-state index is 0.101. The van der Waals surface area contributed by atoms with Gasteiger partial charge in [0.05, 0.1) is 36.2 Å². The maximum atomic E-state index is 12.8. The second kappa shape index (κ2) is 10.7. The van der Waals surface area contributed by atoms with Crippen molar-refractivity contribution < 1.29 is 14.3 Å². The van der Waals surface area contributed by atoms with Gasteiger partial charge in [0.2, 0.25) is 5.91 Å². The SMILES string of the molecule is COc1ccc(-n2c(SCC(=O)N3CCCCC3)nnc2-c2cc(Cl)ccc2OC)cc1Cl. The summed E-state index contributed by atoms with van der Waals surface area (Å²) in [5, 5.41) is 10.4. The van der Waals surface area contributed by atoms with E-state index in [4.69, 9.17) is 32.7 Å². The third-order valence-corrected chi connectivity index (χ3v) is 6.91. The van der Waals surface area contributed by atoms with E-state index in [2.05, 4.69) is 10.2 Å². The van der Waals surface area contributed by atoms with Gasteiger partial charge in [-0.05, 0) is 55.7 Å². The number of hydrogen-bond donors (Lipinski definition) is 0. The Labute approximate surface area is 207 Å². The summed E-state index contributed by atoms with van der Waals surface area (Å²) in [5.41, 5.74) is 1.41. The van der Waals surface area contributed by atoms with Crippen LogP contribution in [0.5, 0.6) is 11.5 Å². The molecule has 0 atom stereocenters. The monoisotopic (exact) mass is 506 g/mol. The van der Waals surface area contributed by atoms with E-state index in [1.165, 1.54) is 18.2 Å². The molecule has 0 saturated carbocycles. The number of benzene rings is 2. The molecule has 0 unspecified atom stereocenters. The molecule has 1 aliphatic heterocycles. The third-order valence-electron chi connectivity index (χ3n) is 5.46. The number of halogens is 2. The summed E-state index contributed by atoms with van der Waals surface area (Å²) in [6, 6.07) is 10.7. The number of ether oxygens (including phenoxy) is 2. The summed E-state index contributed by atoms with van der Waals surface area (Å²) >= 11 is 14.0. The molecular weight excluding hydrogens is 483 g/mol. The second-order valence-corrected chi connectivity index (χ2v) is 9.32. The van der Waals surface area contributed by atoms with Crippen molar-refractivity contribution in [1.29, 1.82) is 0 Å². The molecule has 7 nitrogen and oxygen atoms in total. The normalized spacial score (nSPS) is 13.8. The van der Waals surface area contributed by atoms with Crippen molar-refractivity contribution in [2.45, 2.75) is 24.4 Å². The maximum absolute atomic E-state index is 12.8. The average molecular weight is 507 g/mol. The molecule has 0 N–H and O–H groups in total. The first kappa shape index (κ1) is 23.7. The highest BCUT2D eigenvalue weighted by atomic mass is 35.5. The highest BCUT2D eigenvalue weighted by molar-refractivity contribution is 7.99. The number of likely N-dealkylation sites (tertiary alicyclic amines) is 1. The molecule has 1 aromatic heterocycles. The molecule has 0 radical (unpaired) electrons. The third kappa shape index (κ3) is 5.23. The van der Waals surface area contributed by atoms with E-state index in [1.54, 1.807) is 44.6 Å². The second-order valence-electron chi connectivity index (χ2n) is 7.54. The van der Waals surface area contributed by atoms with E-state index in [0.717, 1.165) is 31.6 Å². The van der Waals surface area contributed by atoms with Gasteiger partial charge < -0.3 is 14.4 Å². The highest BCUT2D eigenvalue weighted by Crippen LogP contribution is 2.36. The van der Waals surface area contributed by atoms with Crippen molar-refractivity contribution in [3.05, 3.63) is 46.4 Å². The summed E-state index contributed by atoms with van der Waals surface area (Å²) < 4.78 is 12.7. The number of methoxy groups -OCH3 is 2. The molecule has 0 bridgehead atoms. The molecule has 1 saturated heterocycles. The first-order valence-corrected chi connectivity index (χ1v) is 12.3. The van der Waals surface area contributed by atoms with Gasteiger partial charge in [-0.2, -0.15) is 0 Å². The lowest BCUT2D eigenvalue weighted by molar-refractivity contribution is -0.129. The van der Waals surface area contributed by atoms with E-state index in [-0.39, 0.29) is 11.7 Å². The van der Waals surface area contributed by atoms with Gasteiger partial charge in [-0.25, -0.2) is 0 Å². The minimum Gasteiger partial charge on any atom is -0.496 e. The molecule has 1 aliphatic rings. The van der Waals surface area contributed by atoms with Crippen molar-refractivity contribution in [1.82, 2.24) is 19.7 Å². The van der Waals surface area contributed by atoms with Gasteiger partial charge in [0.15, 0.2) is 11.0 Å². The summed E-state index contributed by atoms with van der Waals surface area (Å²) in [6.07, 6.45) is 3.28. The van der Waals surface area contributed by atoms with Crippen LogP contribution in [-0.4, -0.2) is 58.6 Å². The zero-order valence-corrected chi connectivity index (χ0v) is 20.7. The largest absolute Gasteiger partial charge is 0.496 e. The highest BCUT2D eigenvalue weighted by Gasteiger charge is 2.23. The van der Waals surface area contributed by atoms with Gasteiger partial charge in [0, 0.05) is 18.1 Å². The van der Waals surface area contributed by atoms with Crippen LogP contribution in [0.2, 0.25) is 10.0 Å². The van der Waals surface area contributed by atoms with Gasteiger partial charge in [0.1, 0.15) is 11.5 Å². The molecule has 0 spiro atoms. The van der Waals surface area contributed by atoms with Gasteiger partial charge >= 0.3 is 0 Å². The van der Waals surface area contributed by atoms with Gasteiger partial charge in [-0.15, -0.1) is 10.2 Å². The Morgan fingerprint density at radius 2 is 1.73 bits per heavy atom. The van der Waals surface area contributed by atoms with Crippen LogP contribution in [-0.2, 0) is 4.79 Å². The Bertz CT molecular complexity index is 1150. The lowest BCUT2D eigenvalue weighted by atomic mass is 10.1. The molecule has 33 heavy (non-hydrogen) atoms. The molecule has 3 aromatic rings. The number of hydrogen-bond acceptors (Lipinski definition) is 6. The Morgan fingerprint density at radius 1 is 1.00 bits per heavy atom. The van der Waals surface area contributed by atoms with Crippen molar-refractivity contribution >= 4 is 40.9 Å². The lowest BCUT2D eigenvalue weighted by Crippen LogP contribution is -2.36. The van der Waals surface area contributed by atoms with E-state index < -0.39 is 0 Å². The van der Waals surface area contributed by atoms with Crippen molar-refractivity contribution in [2.75, 3.05) is 33.1 Å². The smallest absolute Gasteiger partial charge is 0.233 e. The van der Waals surface area contributed by atoms with Crippen molar-refractivity contribution in [3.63, 3.8) is 0 Å². The standard InChI is InChI=1S/C23H24Cl2N4O3S/c1-31-19-8-6-15(24)12-17(19)22-26-27-23(33-14-21(30)28-10-4-3-5-11-28)29(22)16-7-9-20(32-2)18(25)13-16/h6-9,12-13H,3-5,10-11,14H2,1-2H3. The van der Waals surface area contributed by atoms with Gasteiger partial charge in [-0.1, -0.05) is 35.0 Å². The van der Waals surface area contributed by atoms with Crippen LogP contribution >= 0.6 is 35.0 Å². The van der Waals surface area contributed by atoms with Crippen LogP contribution in [0.25, 0.3) is 17.1 Å². The average Bonchev–Trinajstić information content (AvgIpc) is 3.26. The molecule has 174 valence electrons. The fraction of sp³-hybridized carbons (Fsp3) is 0.348. The molecule has 4 rings (SSSR count). The van der Waals surface area contributed by atoms with Crippen LogP contribution < -0.4 is 9.47 Å². The van der Waals surface area contributed by atoms with Crippen LogP contribution in [0.4, 0.5) is 0 Å². The molecule has 10 heteroatoms. The zero-order chi connectivity index (χ0) is 23.4. The summed E-state index contributed by atoms with van der Waals surface area (Å²) in [5.74, 6) is 2.07. The first-order valence-electron chi connectivity index (χ1n) is 10.6. The lowest BCUT2D eigenvalue weighted by Gasteiger charge is -2.26. The topological polar surface area (TPSA) is 69.5 Å². The van der Waals surface area contributed by atoms with Crippen molar-refractivity contribution in [2.24, 2.45) is 0 Å². The van der Waals surface area contributed by atoms with E-state index in [9.17, 15) is 4.79 Å². The predicted octanol–water partition coefficient (Wildman–Crippen LogP) is 5.36. The number of piperidine rings is 1. The van der Waals surface area contributed by atoms with Crippen molar-refractivity contribution in [3.8, 4) is 28.6 Å².